The van der Waals surface area contributed by atoms with Crippen LogP contribution in [0.25, 0.3) is 0 Å². The predicted octanol–water partition coefficient (Wildman–Crippen LogP) is 2.31. The van der Waals surface area contributed by atoms with Gasteiger partial charge in [0, 0.05) is 30.5 Å². The smallest absolute Gasteiger partial charge is 0.220 e. The normalized spacial score (nSPS) is 13.0. The number of benzene rings is 1. The molecule has 4 nitrogen and oxygen atoms in total. The van der Waals surface area contributed by atoms with Crippen LogP contribution in [-0.4, -0.2) is 24.3 Å². The first-order valence-electron chi connectivity index (χ1n) is 6.72. The lowest BCUT2D eigenvalue weighted by molar-refractivity contribution is -0.121. The molecule has 0 spiro atoms. The summed E-state index contributed by atoms with van der Waals surface area (Å²) in [5.41, 5.74) is 5.87. The van der Waals surface area contributed by atoms with Gasteiger partial charge in [-0.15, -0.1) is 12.4 Å². The highest BCUT2D eigenvalue weighted by atomic mass is 35.5. The third-order valence-electron chi connectivity index (χ3n) is 2.97. The SMILES string of the molecule is CC(N)CCNC(=O)CC(C)C(=O)c1cccc(F)c1.Cl. The van der Waals surface area contributed by atoms with Crippen LogP contribution in [0.3, 0.4) is 0 Å². The van der Waals surface area contributed by atoms with Crippen LogP contribution in [0.5, 0.6) is 0 Å². The van der Waals surface area contributed by atoms with Crippen LogP contribution in [0.2, 0.25) is 0 Å². The van der Waals surface area contributed by atoms with Crippen molar-refractivity contribution in [3.05, 3.63) is 35.6 Å². The maximum atomic E-state index is 13.1. The summed E-state index contributed by atoms with van der Waals surface area (Å²) in [4.78, 5) is 23.7. The molecular weight excluding hydrogens is 295 g/mol. The summed E-state index contributed by atoms with van der Waals surface area (Å²) >= 11 is 0. The Morgan fingerprint density at radius 2 is 2.00 bits per heavy atom. The van der Waals surface area contributed by atoms with Gasteiger partial charge in [-0.05, 0) is 25.5 Å². The highest BCUT2D eigenvalue weighted by Crippen LogP contribution is 2.13. The Morgan fingerprint density at radius 1 is 1.33 bits per heavy atom. The molecule has 0 saturated carbocycles. The Labute approximate surface area is 130 Å². The summed E-state index contributed by atoms with van der Waals surface area (Å²) in [6, 6.07) is 5.53. The topological polar surface area (TPSA) is 72.2 Å². The molecule has 2 unspecified atom stereocenters. The van der Waals surface area contributed by atoms with Crippen molar-refractivity contribution in [1.29, 1.82) is 0 Å². The van der Waals surface area contributed by atoms with Crippen molar-refractivity contribution in [3.63, 3.8) is 0 Å². The average molecular weight is 317 g/mol. The second kappa shape index (κ2) is 9.47. The lowest BCUT2D eigenvalue weighted by atomic mass is 9.96. The van der Waals surface area contributed by atoms with Crippen molar-refractivity contribution in [2.75, 3.05) is 6.54 Å². The van der Waals surface area contributed by atoms with Crippen LogP contribution in [0.4, 0.5) is 4.39 Å². The Hall–Kier alpha value is -1.46. The summed E-state index contributed by atoms with van der Waals surface area (Å²) in [6.45, 7) is 4.03. The zero-order chi connectivity index (χ0) is 15.1. The maximum Gasteiger partial charge on any atom is 0.220 e. The number of amides is 1. The number of halogens is 2. The van der Waals surface area contributed by atoms with E-state index < -0.39 is 11.7 Å². The van der Waals surface area contributed by atoms with Crippen molar-refractivity contribution < 1.29 is 14.0 Å². The quantitative estimate of drug-likeness (QED) is 0.758. The Balaban J connectivity index is 0.00000400. The van der Waals surface area contributed by atoms with E-state index in [0.29, 0.717) is 18.5 Å². The molecule has 21 heavy (non-hydrogen) atoms. The van der Waals surface area contributed by atoms with E-state index in [1.165, 1.54) is 18.2 Å². The van der Waals surface area contributed by atoms with E-state index in [4.69, 9.17) is 5.73 Å². The van der Waals surface area contributed by atoms with Crippen LogP contribution in [0.1, 0.15) is 37.0 Å². The van der Waals surface area contributed by atoms with Gasteiger partial charge in [0.1, 0.15) is 5.82 Å². The van der Waals surface area contributed by atoms with Crippen molar-refractivity contribution in [1.82, 2.24) is 5.32 Å². The van der Waals surface area contributed by atoms with E-state index >= 15 is 0 Å². The molecule has 0 aliphatic carbocycles. The molecule has 0 radical (unpaired) electrons. The molecule has 0 fully saturated rings. The number of rotatable bonds is 7. The zero-order valence-corrected chi connectivity index (χ0v) is 13.1. The van der Waals surface area contributed by atoms with Crippen LogP contribution in [0.15, 0.2) is 24.3 Å². The Kier molecular flexibility index (Phi) is 8.81. The first kappa shape index (κ1) is 19.5. The largest absolute Gasteiger partial charge is 0.356 e. The number of hydrogen-bond acceptors (Lipinski definition) is 3. The van der Waals surface area contributed by atoms with Gasteiger partial charge in [-0.1, -0.05) is 19.1 Å². The molecule has 0 aromatic heterocycles. The van der Waals surface area contributed by atoms with E-state index in [1.807, 2.05) is 6.92 Å². The van der Waals surface area contributed by atoms with Crippen molar-refractivity contribution in [2.45, 2.75) is 32.7 Å². The Bertz CT molecular complexity index is 480. The summed E-state index contributed by atoms with van der Waals surface area (Å²) in [7, 11) is 0. The van der Waals surface area contributed by atoms with Crippen molar-refractivity contribution in [3.8, 4) is 0 Å². The number of nitrogens with two attached hydrogens (primary N) is 1. The van der Waals surface area contributed by atoms with Gasteiger partial charge in [0.2, 0.25) is 5.91 Å². The fraction of sp³-hybridized carbons (Fsp3) is 0.467. The molecule has 118 valence electrons. The van der Waals surface area contributed by atoms with E-state index in [-0.39, 0.29) is 36.6 Å². The molecule has 0 bridgehead atoms. The number of ketones is 1. The van der Waals surface area contributed by atoms with Crippen molar-refractivity contribution in [2.24, 2.45) is 11.7 Å². The second-order valence-corrected chi connectivity index (χ2v) is 5.10. The number of Topliss-reactive ketones (excluding diaryl/α,β-unsaturated/α-hetero) is 1. The Morgan fingerprint density at radius 3 is 2.57 bits per heavy atom. The zero-order valence-electron chi connectivity index (χ0n) is 12.3. The number of carbonyl (C=O) groups excluding carboxylic acids is 2. The minimum Gasteiger partial charge on any atom is -0.356 e. The average Bonchev–Trinajstić information content (AvgIpc) is 2.37. The summed E-state index contributed by atoms with van der Waals surface area (Å²) in [5, 5.41) is 2.72. The summed E-state index contributed by atoms with van der Waals surface area (Å²) in [5.74, 6) is -1.36. The van der Waals surface area contributed by atoms with Gasteiger partial charge < -0.3 is 11.1 Å². The maximum absolute atomic E-state index is 13.1. The highest BCUT2D eigenvalue weighted by Gasteiger charge is 2.18. The van der Waals surface area contributed by atoms with Gasteiger partial charge >= 0.3 is 0 Å². The second-order valence-electron chi connectivity index (χ2n) is 5.10. The van der Waals surface area contributed by atoms with Gasteiger partial charge in [0.25, 0.3) is 0 Å². The lowest BCUT2D eigenvalue weighted by Crippen LogP contribution is -2.31. The third-order valence-corrected chi connectivity index (χ3v) is 2.97. The van der Waals surface area contributed by atoms with Gasteiger partial charge in [-0.3, -0.25) is 9.59 Å². The molecule has 3 N–H and O–H groups in total. The molecule has 0 saturated heterocycles. The van der Waals surface area contributed by atoms with Crippen molar-refractivity contribution >= 4 is 24.1 Å². The highest BCUT2D eigenvalue weighted by molar-refractivity contribution is 5.99. The van der Waals surface area contributed by atoms with E-state index in [9.17, 15) is 14.0 Å². The molecule has 1 amide bonds. The van der Waals surface area contributed by atoms with E-state index in [2.05, 4.69) is 5.32 Å². The van der Waals surface area contributed by atoms with Gasteiger partial charge in [0.05, 0.1) is 0 Å². The van der Waals surface area contributed by atoms with E-state index in [1.54, 1.807) is 13.0 Å². The molecule has 2 atom stereocenters. The number of nitrogens with one attached hydrogen (secondary N) is 1. The molecule has 6 heteroatoms. The molecule has 1 aromatic carbocycles. The fourth-order valence-corrected chi connectivity index (χ4v) is 1.81. The van der Waals surface area contributed by atoms with Crippen LogP contribution in [0, 0.1) is 11.7 Å². The lowest BCUT2D eigenvalue weighted by Gasteiger charge is -2.11. The summed E-state index contributed by atoms with van der Waals surface area (Å²) in [6.07, 6.45) is 0.784. The van der Waals surface area contributed by atoms with Crippen LogP contribution >= 0.6 is 12.4 Å². The standard InChI is InChI=1S/C15H21FN2O2.ClH/c1-10(8-14(19)18-7-6-11(2)17)15(20)12-4-3-5-13(16)9-12;/h3-5,9-11H,6-8,17H2,1-2H3,(H,18,19);1H. The monoisotopic (exact) mass is 316 g/mol. The first-order valence-corrected chi connectivity index (χ1v) is 6.72. The van der Waals surface area contributed by atoms with Gasteiger partial charge in [-0.25, -0.2) is 4.39 Å². The molecule has 0 heterocycles. The molecule has 0 aliphatic rings. The molecule has 1 aromatic rings. The first-order chi connectivity index (χ1) is 9.40. The molecule has 0 aliphatic heterocycles. The van der Waals surface area contributed by atoms with E-state index in [0.717, 1.165) is 0 Å². The summed E-state index contributed by atoms with van der Waals surface area (Å²) < 4.78 is 13.1. The van der Waals surface area contributed by atoms with Gasteiger partial charge in [0.15, 0.2) is 5.78 Å². The third kappa shape index (κ3) is 7.20. The minimum atomic E-state index is -0.480. The van der Waals surface area contributed by atoms with Gasteiger partial charge in [-0.2, -0.15) is 0 Å². The number of hydrogen-bond donors (Lipinski definition) is 2. The van der Waals surface area contributed by atoms with Crippen LogP contribution < -0.4 is 11.1 Å². The van der Waals surface area contributed by atoms with Crippen LogP contribution in [-0.2, 0) is 4.79 Å². The molecular formula is C15H22ClFN2O2. The minimum absolute atomic E-state index is 0. The fourth-order valence-electron chi connectivity index (χ4n) is 1.81. The number of carbonyl (C=O) groups is 2. The predicted molar refractivity (Wildman–Crippen MR) is 83.0 cm³/mol. The molecule has 1 rings (SSSR count).